The van der Waals surface area contributed by atoms with E-state index in [-0.39, 0.29) is 22.7 Å². The fourth-order valence-electron chi connectivity index (χ4n) is 5.08. The minimum absolute atomic E-state index is 0.158. The van der Waals surface area contributed by atoms with Crippen molar-refractivity contribution in [1.29, 1.82) is 0 Å². The maximum Gasteiger partial charge on any atom is 0.270 e. The van der Waals surface area contributed by atoms with Crippen molar-refractivity contribution in [3.63, 3.8) is 0 Å². The number of carbonyl (C=O) groups is 1. The molecule has 0 unspecified atom stereocenters. The number of benzene rings is 2. The lowest BCUT2D eigenvalue weighted by molar-refractivity contribution is 0.102. The first-order valence-electron chi connectivity index (χ1n) is 12.5. The molecule has 1 aromatic heterocycles. The Bertz CT molecular complexity index is 1230. The van der Waals surface area contributed by atoms with Crippen LogP contribution in [0.25, 0.3) is 11.6 Å². The number of carbonyl (C=O) groups excluding carboxylic acids is 1. The zero-order valence-corrected chi connectivity index (χ0v) is 22.0. The Kier molecular flexibility index (Phi) is 6.67. The summed E-state index contributed by atoms with van der Waals surface area (Å²) in [6, 6.07) is 12.6. The third-order valence-corrected chi connectivity index (χ3v) is 7.26. The summed E-state index contributed by atoms with van der Waals surface area (Å²) in [5.74, 6) is 0.472. The van der Waals surface area contributed by atoms with E-state index in [4.69, 9.17) is 0 Å². The average Bonchev–Trinajstić information content (AvgIpc) is 3.30. The van der Waals surface area contributed by atoms with Crippen LogP contribution in [0.3, 0.4) is 0 Å². The van der Waals surface area contributed by atoms with Crippen molar-refractivity contribution in [1.82, 2.24) is 20.6 Å². The maximum atomic E-state index is 12.4. The van der Waals surface area contributed by atoms with Gasteiger partial charge in [0.25, 0.3) is 11.9 Å². The Morgan fingerprint density at radius 1 is 1.06 bits per heavy atom. The fraction of sp³-hybridized carbons (Fsp3) is 0.448. The van der Waals surface area contributed by atoms with Crippen LogP contribution in [0.15, 0.2) is 36.4 Å². The summed E-state index contributed by atoms with van der Waals surface area (Å²) in [5, 5.41) is 15.9. The van der Waals surface area contributed by atoms with Crippen molar-refractivity contribution >= 4 is 23.5 Å². The molecule has 1 aliphatic rings. The molecule has 0 fully saturated rings. The number of hydrogen-bond acceptors (Lipinski definition) is 4. The number of rotatable bonds is 6. The fourth-order valence-corrected chi connectivity index (χ4v) is 5.08. The largest absolute Gasteiger partial charge is 0.288 e. The van der Waals surface area contributed by atoms with E-state index in [1.165, 1.54) is 40.7 Å². The van der Waals surface area contributed by atoms with E-state index in [9.17, 15) is 4.79 Å². The van der Waals surface area contributed by atoms with Crippen LogP contribution in [-0.4, -0.2) is 26.5 Å². The van der Waals surface area contributed by atoms with Gasteiger partial charge in [-0.05, 0) is 93.7 Å². The molecular formula is C29H37N5O. The number of hydrogen-bond donors (Lipinski definition) is 2. The van der Waals surface area contributed by atoms with E-state index < -0.39 is 0 Å². The summed E-state index contributed by atoms with van der Waals surface area (Å²) in [6.45, 7) is 16.3. The molecule has 184 valence electrons. The molecular weight excluding hydrogens is 434 g/mol. The summed E-state index contributed by atoms with van der Waals surface area (Å²) in [6.07, 6.45) is 5.69. The molecule has 4 rings (SSSR count). The number of nitrogens with one attached hydrogen (secondary N) is 2. The number of anilines is 1. The Morgan fingerprint density at radius 3 is 2.26 bits per heavy atom. The van der Waals surface area contributed by atoms with Gasteiger partial charge in [-0.25, -0.2) is 0 Å². The molecule has 1 heterocycles. The highest BCUT2D eigenvalue weighted by Crippen LogP contribution is 2.47. The lowest BCUT2D eigenvalue weighted by Crippen LogP contribution is -2.34. The van der Waals surface area contributed by atoms with E-state index >= 15 is 0 Å². The van der Waals surface area contributed by atoms with Crippen molar-refractivity contribution in [3.05, 3.63) is 69.8 Å². The highest BCUT2D eigenvalue weighted by molar-refractivity contribution is 6.03. The maximum absolute atomic E-state index is 12.4. The average molecular weight is 472 g/mol. The van der Waals surface area contributed by atoms with Gasteiger partial charge in [0, 0.05) is 5.56 Å². The van der Waals surface area contributed by atoms with Crippen LogP contribution in [0.5, 0.6) is 0 Å². The molecule has 0 spiro atoms. The monoisotopic (exact) mass is 471 g/mol. The van der Waals surface area contributed by atoms with Gasteiger partial charge in [0.05, 0.1) is 0 Å². The van der Waals surface area contributed by atoms with Gasteiger partial charge in [0.15, 0.2) is 0 Å². The number of nitrogens with zero attached hydrogens (tertiary/aromatic N) is 3. The van der Waals surface area contributed by atoms with E-state index in [1.807, 2.05) is 24.3 Å². The molecule has 1 aliphatic carbocycles. The molecule has 0 saturated carbocycles. The lowest BCUT2D eigenvalue weighted by Gasteiger charge is -2.42. The van der Waals surface area contributed by atoms with Crippen LogP contribution in [0.2, 0.25) is 0 Å². The quantitative estimate of drug-likeness (QED) is 0.399. The topological polar surface area (TPSA) is 83.6 Å². The summed E-state index contributed by atoms with van der Waals surface area (Å²) < 4.78 is 0. The van der Waals surface area contributed by atoms with Crippen LogP contribution in [0.1, 0.15) is 99.5 Å². The third-order valence-electron chi connectivity index (χ3n) is 7.26. The summed E-state index contributed by atoms with van der Waals surface area (Å²) in [4.78, 5) is 12.4. The Balaban J connectivity index is 1.68. The standard InChI is InChI=1S/C29H37N5O/c1-18(2)14-22-16-24-25(29(6,7)13-12-28(24,4)5)17-23(22)19(3)15-20-8-10-21(11-9-20)26(35)30-27-31-33-34-32-27/h8-11,15-18H,12-14H2,1-7H3,(H2,30,31,32,33,34,35). The molecule has 6 nitrogen and oxygen atoms in total. The molecule has 2 N–H and O–H groups in total. The molecule has 35 heavy (non-hydrogen) atoms. The van der Waals surface area contributed by atoms with E-state index in [0.29, 0.717) is 11.5 Å². The second kappa shape index (κ2) is 9.40. The second-order valence-corrected chi connectivity index (χ2v) is 11.6. The van der Waals surface area contributed by atoms with Crippen LogP contribution in [-0.2, 0) is 17.3 Å². The minimum atomic E-state index is -0.266. The number of amides is 1. The van der Waals surface area contributed by atoms with Crippen LogP contribution >= 0.6 is 0 Å². The lowest BCUT2D eigenvalue weighted by atomic mass is 9.62. The first-order valence-corrected chi connectivity index (χ1v) is 12.5. The number of aromatic amines is 1. The predicted molar refractivity (Wildman–Crippen MR) is 142 cm³/mol. The van der Waals surface area contributed by atoms with Crippen molar-refractivity contribution in [2.45, 2.75) is 78.6 Å². The van der Waals surface area contributed by atoms with Crippen molar-refractivity contribution < 1.29 is 4.79 Å². The normalized spacial score (nSPS) is 16.7. The first-order chi connectivity index (χ1) is 16.5. The van der Waals surface area contributed by atoms with E-state index in [2.05, 4.69) is 92.6 Å². The molecule has 0 radical (unpaired) electrons. The Morgan fingerprint density at radius 2 is 1.69 bits per heavy atom. The van der Waals surface area contributed by atoms with Gasteiger partial charge < -0.3 is 0 Å². The highest BCUT2D eigenvalue weighted by Gasteiger charge is 2.37. The molecule has 6 heteroatoms. The van der Waals surface area contributed by atoms with Gasteiger partial charge in [-0.2, -0.15) is 5.21 Å². The van der Waals surface area contributed by atoms with Gasteiger partial charge in [0.2, 0.25) is 0 Å². The zero-order chi connectivity index (χ0) is 25.4. The number of allylic oxidation sites excluding steroid dienone is 1. The number of H-pyrrole nitrogens is 1. The van der Waals surface area contributed by atoms with Crippen LogP contribution in [0.4, 0.5) is 5.95 Å². The van der Waals surface area contributed by atoms with Crippen molar-refractivity contribution in [2.24, 2.45) is 5.92 Å². The Hall–Kier alpha value is -3.28. The highest BCUT2D eigenvalue weighted by atomic mass is 16.1. The first kappa shape index (κ1) is 24.8. The summed E-state index contributed by atoms with van der Waals surface area (Å²) in [5.41, 5.74) is 8.97. The molecule has 1 amide bonds. The third kappa shape index (κ3) is 5.37. The summed E-state index contributed by atoms with van der Waals surface area (Å²) >= 11 is 0. The molecule has 0 bridgehead atoms. The van der Waals surface area contributed by atoms with E-state index in [1.54, 1.807) is 0 Å². The number of fused-ring (bicyclic) bond motifs is 1. The second-order valence-electron chi connectivity index (χ2n) is 11.6. The van der Waals surface area contributed by atoms with Gasteiger partial charge in [0.1, 0.15) is 0 Å². The molecule has 0 aliphatic heterocycles. The van der Waals surface area contributed by atoms with Gasteiger partial charge in [-0.15, -0.1) is 5.10 Å². The number of aromatic nitrogens is 4. The summed E-state index contributed by atoms with van der Waals surface area (Å²) in [7, 11) is 0. The van der Waals surface area contributed by atoms with E-state index in [0.717, 1.165) is 12.0 Å². The van der Waals surface area contributed by atoms with Gasteiger partial charge in [-0.3, -0.25) is 10.1 Å². The molecule has 2 aromatic carbocycles. The van der Waals surface area contributed by atoms with Crippen molar-refractivity contribution in [3.8, 4) is 0 Å². The molecule has 0 saturated heterocycles. The van der Waals surface area contributed by atoms with Crippen LogP contribution in [0, 0.1) is 5.92 Å². The molecule has 0 atom stereocenters. The van der Waals surface area contributed by atoms with Gasteiger partial charge >= 0.3 is 0 Å². The predicted octanol–water partition coefficient (Wildman–Crippen LogP) is 6.56. The smallest absolute Gasteiger partial charge is 0.270 e. The SMILES string of the molecule is CC(=Cc1ccc(C(=O)Nc2nn[nH]n2)cc1)c1cc2c(cc1CC(C)C)C(C)(C)CCC2(C)C. The van der Waals surface area contributed by atoms with Gasteiger partial charge in [-0.1, -0.05) is 77.0 Å². The minimum Gasteiger partial charge on any atom is -0.288 e. The zero-order valence-electron chi connectivity index (χ0n) is 22.0. The van der Waals surface area contributed by atoms with Crippen molar-refractivity contribution in [2.75, 3.05) is 5.32 Å². The van der Waals surface area contributed by atoms with Crippen LogP contribution < -0.4 is 5.32 Å². The number of tetrazole rings is 1. The Labute approximate surface area is 208 Å². The molecule has 3 aromatic rings.